The van der Waals surface area contributed by atoms with E-state index >= 15 is 0 Å². The zero-order valence-corrected chi connectivity index (χ0v) is 9.72. The van der Waals surface area contributed by atoms with Gasteiger partial charge in [-0.2, -0.15) is 0 Å². The number of hydrogen-bond acceptors (Lipinski definition) is 4. The molecule has 0 spiro atoms. The predicted octanol–water partition coefficient (Wildman–Crippen LogP) is 1.19. The van der Waals surface area contributed by atoms with Crippen LogP contribution in [0.2, 0.25) is 0 Å². The number of aliphatic imine (C=N–C) groups is 1. The second-order valence-corrected chi connectivity index (χ2v) is 4.23. The zero-order chi connectivity index (χ0) is 11.5. The lowest BCUT2D eigenvalue weighted by Gasteiger charge is -2.19. The van der Waals surface area contributed by atoms with Gasteiger partial charge in [-0.15, -0.1) is 0 Å². The molecule has 88 valence electrons. The van der Waals surface area contributed by atoms with Gasteiger partial charge >= 0.3 is 0 Å². The van der Waals surface area contributed by atoms with Gasteiger partial charge in [-0.25, -0.2) is 9.98 Å². The van der Waals surface area contributed by atoms with Crippen LogP contribution in [0.15, 0.2) is 11.3 Å². The van der Waals surface area contributed by atoms with E-state index in [1.165, 1.54) is 0 Å². The summed E-state index contributed by atoms with van der Waals surface area (Å²) in [4.78, 5) is 8.82. The monoisotopic (exact) mass is 222 g/mol. The molecule has 1 unspecified atom stereocenters. The van der Waals surface area contributed by atoms with Crippen molar-refractivity contribution in [1.82, 2.24) is 14.9 Å². The number of hydrogen-bond donors (Lipinski definition) is 2. The van der Waals surface area contributed by atoms with Crippen molar-refractivity contribution < 1.29 is 5.11 Å². The first-order valence-corrected chi connectivity index (χ1v) is 5.67. The van der Waals surface area contributed by atoms with Gasteiger partial charge in [0.25, 0.3) is 0 Å². The second-order valence-electron chi connectivity index (χ2n) is 4.23. The average Bonchev–Trinajstić information content (AvgIpc) is 2.70. The third-order valence-electron chi connectivity index (χ3n) is 2.74. The maximum absolute atomic E-state index is 8.82. The molecular formula is C11H18N4O. The number of fused-ring (bicyclic) bond motifs is 1. The van der Waals surface area contributed by atoms with Crippen LogP contribution in [-0.2, 0) is 0 Å². The summed E-state index contributed by atoms with van der Waals surface area (Å²) < 4.78 is 2.07. The highest BCUT2D eigenvalue weighted by atomic mass is 16.3. The lowest BCUT2D eigenvalue weighted by Crippen LogP contribution is -2.26. The van der Waals surface area contributed by atoms with Gasteiger partial charge in [0.15, 0.2) is 5.82 Å². The standard InChI is InChI=1S/C11H18N4O/c1-8(2)15-7-14-10-9(12-5-6-16)3-4-13-11(10)15/h4,7-9,12,16H,3,5-6H2,1-2H3. The van der Waals surface area contributed by atoms with E-state index in [0.29, 0.717) is 12.6 Å². The molecule has 0 fully saturated rings. The van der Waals surface area contributed by atoms with Gasteiger partial charge in [0, 0.05) is 25.2 Å². The first-order chi connectivity index (χ1) is 7.74. The molecule has 1 aliphatic rings. The third kappa shape index (κ3) is 2.01. The number of nitrogens with zero attached hydrogens (tertiary/aromatic N) is 3. The van der Waals surface area contributed by atoms with Crippen LogP contribution in [0.1, 0.15) is 38.0 Å². The molecule has 5 nitrogen and oxygen atoms in total. The van der Waals surface area contributed by atoms with Crippen molar-refractivity contribution in [2.45, 2.75) is 32.4 Å². The molecule has 1 aliphatic heterocycles. The minimum absolute atomic E-state index is 0.147. The number of aliphatic hydroxyl groups is 1. The lowest BCUT2D eigenvalue weighted by atomic mass is 10.1. The molecule has 16 heavy (non-hydrogen) atoms. The summed E-state index contributed by atoms with van der Waals surface area (Å²) >= 11 is 0. The number of aromatic nitrogens is 2. The van der Waals surface area contributed by atoms with Gasteiger partial charge in [-0.1, -0.05) is 0 Å². The van der Waals surface area contributed by atoms with Crippen molar-refractivity contribution in [3.63, 3.8) is 0 Å². The Balaban J connectivity index is 2.24. The Kier molecular flexibility index (Phi) is 3.36. The van der Waals surface area contributed by atoms with Gasteiger partial charge in [0.2, 0.25) is 0 Å². The topological polar surface area (TPSA) is 62.4 Å². The van der Waals surface area contributed by atoms with Crippen LogP contribution in [0.25, 0.3) is 0 Å². The molecule has 2 heterocycles. The van der Waals surface area contributed by atoms with E-state index in [4.69, 9.17) is 5.11 Å². The smallest absolute Gasteiger partial charge is 0.157 e. The van der Waals surface area contributed by atoms with Crippen LogP contribution >= 0.6 is 0 Å². The lowest BCUT2D eigenvalue weighted by molar-refractivity contribution is 0.284. The largest absolute Gasteiger partial charge is 0.395 e. The molecule has 0 saturated carbocycles. The zero-order valence-electron chi connectivity index (χ0n) is 9.72. The predicted molar refractivity (Wildman–Crippen MR) is 63.2 cm³/mol. The van der Waals surface area contributed by atoms with Crippen molar-refractivity contribution in [3.8, 4) is 0 Å². The SMILES string of the molecule is CC(C)n1cnc2c1N=CCC2NCCO. The van der Waals surface area contributed by atoms with Crippen molar-refractivity contribution in [2.75, 3.05) is 13.2 Å². The number of nitrogens with one attached hydrogen (secondary N) is 1. The number of rotatable bonds is 4. The van der Waals surface area contributed by atoms with Crippen LogP contribution in [0.3, 0.4) is 0 Å². The van der Waals surface area contributed by atoms with Crippen molar-refractivity contribution in [3.05, 3.63) is 12.0 Å². The molecule has 0 bridgehead atoms. The molecule has 1 aromatic heterocycles. The highest BCUT2D eigenvalue weighted by Crippen LogP contribution is 2.31. The highest BCUT2D eigenvalue weighted by molar-refractivity contribution is 5.67. The Bertz CT molecular complexity index is 383. The van der Waals surface area contributed by atoms with E-state index in [9.17, 15) is 0 Å². The van der Waals surface area contributed by atoms with Crippen LogP contribution in [-0.4, -0.2) is 34.0 Å². The van der Waals surface area contributed by atoms with Crippen molar-refractivity contribution in [2.24, 2.45) is 4.99 Å². The molecule has 0 aliphatic carbocycles. The fourth-order valence-electron chi connectivity index (χ4n) is 1.90. The van der Waals surface area contributed by atoms with Crippen molar-refractivity contribution >= 4 is 12.0 Å². The van der Waals surface area contributed by atoms with Gasteiger partial charge < -0.3 is 15.0 Å². The fraction of sp³-hybridized carbons (Fsp3) is 0.636. The molecule has 5 heteroatoms. The number of aliphatic hydroxyl groups excluding tert-OH is 1. The third-order valence-corrected chi connectivity index (χ3v) is 2.74. The Morgan fingerprint density at radius 1 is 1.62 bits per heavy atom. The van der Waals surface area contributed by atoms with Gasteiger partial charge in [0.05, 0.1) is 19.0 Å². The van der Waals surface area contributed by atoms with E-state index in [2.05, 4.69) is 33.7 Å². The fourth-order valence-corrected chi connectivity index (χ4v) is 1.90. The van der Waals surface area contributed by atoms with E-state index in [-0.39, 0.29) is 12.6 Å². The summed E-state index contributed by atoms with van der Waals surface area (Å²) in [5, 5.41) is 12.1. The Morgan fingerprint density at radius 2 is 2.44 bits per heavy atom. The number of imidazole rings is 1. The summed E-state index contributed by atoms with van der Waals surface area (Å²) in [7, 11) is 0. The Labute approximate surface area is 95.2 Å². The Morgan fingerprint density at radius 3 is 3.12 bits per heavy atom. The second kappa shape index (κ2) is 4.76. The minimum Gasteiger partial charge on any atom is -0.395 e. The molecule has 2 N–H and O–H groups in total. The molecular weight excluding hydrogens is 204 g/mol. The molecule has 0 saturated heterocycles. The van der Waals surface area contributed by atoms with Gasteiger partial charge in [-0.3, -0.25) is 0 Å². The summed E-state index contributed by atoms with van der Waals surface area (Å²) in [6.45, 7) is 4.96. The quantitative estimate of drug-likeness (QED) is 0.804. The summed E-state index contributed by atoms with van der Waals surface area (Å²) in [6, 6.07) is 0.546. The maximum atomic E-state index is 8.82. The van der Waals surface area contributed by atoms with E-state index in [1.54, 1.807) is 0 Å². The molecule has 0 amide bonds. The van der Waals surface area contributed by atoms with Gasteiger partial charge in [-0.05, 0) is 13.8 Å². The Hall–Kier alpha value is -1.20. The van der Waals surface area contributed by atoms with Crippen molar-refractivity contribution in [1.29, 1.82) is 0 Å². The summed E-state index contributed by atoms with van der Waals surface area (Å²) in [6.07, 6.45) is 4.59. The summed E-state index contributed by atoms with van der Waals surface area (Å²) in [5.41, 5.74) is 0.990. The molecule has 0 aromatic carbocycles. The molecule has 0 radical (unpaired) electrons. The molecule has 1 aromatic rings. The van der Waals surface area contributed by atoms with Crippen LogP contribution in [0, 0.1) is 0 Å². The normalized spacial score (nSPS) is 19.1. The van der Waals surface area contributed by atoms with Crippen LogP contribution in [0.4, 0.5) is 5.82 Å². The van der Waals surface area contributed by atoms with E-state index in [1.807, 2.05) is 12.5 Å². The minimum atomic E-state index is 0.147. The molecule has 1 atom stereocenters. The highest BCUT2D eigenvalue weighted by Gasteiger charge is 2.22. The molecule has 2 rings (SSSR count). The van der Waals surface area contributed by atoms with Crippen LogP contribution in [0.5, 0.6) is 0 Å². The first kappa shape index (κ1) is 11.3. The maximum Gasteiger partial charge on any atom is 0.157 e. The van der Waals surface area contributed by atoms with Crippen LogP contribution < -0.4 is 5.32 Å². The van der Waals surface area contributed by atoms with Gasteiger partial charge in [0.1, 0.15) is 5.69 Å². The first-order valence-electron chi connectivity index (χ1n) is 5.67. The average molecular weight is 222 g/mol. The van der Waals surface area contributed by atoms with E-state index < -0.39 is 0 Å². The summed E-state index contributed by atoms with van der Waals surface area (Å²) in [5.74, 6) is 0.941. The van der Waals surface area contributed by atoms with E-state index in [0.717, 1.165) is 17.9 Å².